The predicted octanol–water partition coefficient (Wildman–Crippen LogP) is 4.18. The molecular formula is C35H41N3O6Si. The summed E-state index contributed by atoms with van der Waals surface area (Å²) < 4.78 is 6.84. The minimum atomic E-state index is -2.96. The number of para-hydroxylation sites is 1. The van der Waals surface area contributed by atoms with Crippen molar-refractivity contribution in [2.45, 2.75) is 63.2 Å². The van der Waals surface area contributed by atoms with Gasteiger partial charge >= 0.3 is 0 Å². The molecule has 45 heavy (non-hydrogen) atoms. The molecule has 9 nitrogen and oxygen atoms in total. The van der Waals surface area contributed by atoms with Crippen molar-refractivity contribution >= 4 is 37.4 Å². The normalized spacial score (nSPS) is 24.2. The van der Waals surface area contributed by atoms with Crippen LogP contribution in [0.2, 0.25) is 18.6 Å². The first-order valence-corrected chi connectivity index (χ1v) is 18.7. The van der Waals surface area contributed by atoms with Gasteiger partial charge in [0.15, 0.2) is 13.9 Å². The molecule has 3 aromatic rings. The standard InChI is InChI=1S/C35H41N3O6Si/c1-24-33(45(2,3)43)30(21-32(41)36(18-19-39)22-25-10-5-4-6-11-25)44-35(24)28-14-7-8-15-29(28)38(34(35)42)23-26-12-9-13-27(20-26)37-17-16-31(37)40/h4-15,20,24,30,33,39,43H,16-19,21-23H2,1-3H3/t24-,30+,33-,35+/m1/s1. The number of benzene rings is 3. The predicted molar refractivity (Wildman–Crippen MR) is 174 cm³/mol. The Labute approximate surface area is 265 Å². The van der Waals surface area contributed by atoms with Crippen LogP contribution in [0.5, 0.6) is 0 Å². The van der Waals surface area contributed by atoms with E-state index < -0.39 is 31.5 Å². The summed E-state index contributed by atoms with van der Waals surface area (Å²) in [7, 11) is -2.96. The number of anilines is 2. The maximum atomic E-state index is 14.7. The highest BCUT2D eigenvalue weighted by Crippen LogP contribution is 2.59. The average Bonchev–Trinajstić information content (AvgIpc) is 3.43. The number of carbonyl (C=O) groups excluding carboxylic acids is 3. The van der Waals surface area contributed by atoms with Gasteiger partial charge in [0.25, 0.3) is 5.91 Å². The molecule has 3 amide bonds. The van der Waals surface area contributed by atoms with Crippen LogP contribution >= 0.6 is 0 Å². The van der Waals surface area contributed by atoms with Gasteiger partial charge in [-0.3, -0.25) is 14.4 Å². The number of fused-ring (bicyclic) bond motifs is 2. The maximum Gasteiger partial charge on any atom is 0.264 e. The molecule has 2 N–H and O–H groups in total. The van der Waals surface area contributed by atoms with Gasteiger partial charge in [-0.05, 0) is 42.4 Å². The lowest BCUT2D eigenvalue weighted by Crippen LogP contribution is -2.46. The molecule has 2 fully saturated rings. The number of amides is 3. The Morgan fingerprint density at radius 3 is 2.40 bits per heavy atom. The van der Waals surface area contributed by atoms with E-state index in [0.717, 1.165) is 28.1 Å². The Morgan fingerprint density at radius 2 is 1.73 bits per heavy atom. The van der Waals surface area contributed by atoms with E-state index in [1.807, 2.05) is 98.9 Å². The Hall–Kier alpha value is -3.83. The summed E-state index contributed by atoms with van der Waals surface area (Å²) in [5, 5.41) is 9.76. The van der Waals surface area contributed by atoms with Gasteiger partial charge in [-0.15, -0.1) is 0 Å². The largest absolute Gasteiger partial charge is 0.432 e. The van der Waals surface area contributed by atoms with Crippen molar-refractivity contribution in [2.24, 2.45) is 5.92 Å². The first-order valence-electron chi connectivity index (χ1n) is 15.7. The van der Waals surface area contributed by atoms with E-state index in [2.05, 4.69) is 0 Å². The lowest BCUT2D eigenvalue weighted by Gasteiger charge is -2.33. The van der Waals surface area contributed by atoms with Crippen LogP contribution in [0.15, 0.2) is 78.9 Å². The number of β-lactam (4-membered cyclic amide) rings is 1. The molecule has 3 aliphatic rings. The van der Waals surface area contributed by atoms with E-state index >= 15 is 0 Å². The third-order valence-electron chi connectivity index (χ3n) is 9.62. The molecule has 1 spiro atoms. The number of nitrogens with zero attached hydrogens (tertiary/aromatic N) is 3. The Kier molecular flexibility index (Phi) is 8.42. The molecular weight excluding hydrogens is 586 g/mol. The molecule has 10 heteroatoms. The molecule has 0 bridgehead atoms. The van der Waals surface area contributed by atoms with Crippen molar-refractivity contribution < 1.29 is 29.0 Å². The van der Waals surface area contributed by atoms with Crippen molar-refractivity contribution in [2.75, 3.05) is 29.5 Å². The van der Waals surface area contributed by atoms with Gasteiger partial charge < -0.3 is 29.3 Å². The third kappa shape index (κ3) is 5.61. The van der Waals surface area contributed by atoms with E-state index in [-0.39, 0.29) is 37.3 Å². The molecule has 4 atom stereocenters. The van der Waals surface area contributed by atoms with Gasteiger partial charge in [-0.1, -0.05) is 67.6 Å². The van der Waals surface area contributed by atoms with E-state index in [1.54, 1.807) is 14.7 Å². The fourth-order valence-electron chi connectivity index (χ4n) is 7.50. The smallest absolute Gasteiger partial charge is 0.264 e. The molecule has 3 aliphatic heterocycles. The van der Waals surface area contributed by atoms with Gasteiger partial charge in [-0.2, -0.15) is 0 Å². The van der Waals surface area contributed by atoms with Crippen molar-refractivity contribution in [3.8, 4) is 0 Å². The van der Waals surface area contributed by atoms with Gasteiger partial charge in [0.2, 0.25) is 11.8 Å². The van der Waals surface area contributed by atoms with Crippen LogP contribution in [0.3, 0.4) is 0 Å². The summed E-state index contributed by atoms with van der Waals surface area (Å²) in [6.07, 6.45) is -0.157. The summed E-state index contributed by atoms with van der Waals surface area (Å²) in [5.41, 5.74) is 2.39. The lowest BCUT2D eigenvalue weighted by molar-refractivity contribution is -0.150. The second-order valence-corrected chi connectivity index (χ2v) is 16.9. The second kappa shape index (κ2) is 12.2. The number of aliphatic hydroxyl groups excluding tert-OH is 1. The topological polar surface area (TPSA) is 111 Å². The zero-order chi connectivity index (χ0) is 31.9. The van der Waals surface area contributed by atoms with Gasteiger partial charge in [-0.25, -0.2) is 0 Å². The minimum absolute atomic E-state index is 0.0120. The van der Waals surface area contributed by atoms with Gasteiger partial charge in [0, 0.05) is 48.8 Å². The molecule has 236 valence electrons. The van der Waals surface area contributed by atoms with Gasteiger partial charge in [0.1, 0.15) is 0 Å². The maximum absolute atomic E-state index is 14.7. The highest BCUT2D eigenvalue weighted by Gasteiger charge is 2.66. The van der Waals surface area contributed by atoms with Crippen molar-refractivity contribution in [3.63, 3.8) is 0 Å². The van der Waals surface area contributed by atoms with Crippen molar-refractivity contribution in [3.05, 3.63) is 95.6 Å². The number of hydrogen-bond donors (Lipinski definition) is 2. The number of hydrogen-bond acceptors (Lipinski definition) is 6. The molecule has 0 saturated carbocycles. The van der Waals surface area contributed by atoms with Crippen molar-refractivity contribution in [1.82, 2.24) is 4.90 Å². The summed E-state index contributed by atoms with van der Waals surface area (Å²) in [4.78, 5) is 57.2. The van der Waals surface area contributed by atoms with E-state index in [4.69, 9.17) is 4.74 Å². The van der Waals surface area contributed by atoms with Crippen LogP contribution in [0.1, 0.15) is 36.5 Å². The molecule has 6 rings (SSSR count). The summed E-state index contributed by atoms with van der Waals surface area (Å²) in [5.74, 6) is -0.716. The first-order chi connectivity index (χ1) is 21.5. The number of rotatable bonds is 10. The van der Waals surface area contributed by atoms with Gasteiger partial charge in [0.05, 0.1) is 31.4 Å². The molecule has 0 aromatic heterocycles. The van der Waals surface area contributed by atoms with Crippen molar-refractivity contribution in [1.29, 1.82) is 0 Å². The Morgan fingerprint density at radius 1 is 1.02 bits per heavy atom. The van der Waals surface area contributed by atoms with Crippen LogP contribution in [0.25, 0.3) is 0 Å². The number of ether oxygens (including phenoxy) is 1. The Balaban J connectivity index is 1.31. The molecule has 3 heterocycles. The number of aliphatic hydroxyl groups is 1. The summed E-state index contributed by atoms with van der Waals surface area (Å²) >= 11 is 0. The highest BCUT2D eigenvalue weighted by molar-refractivity contribution is 6.71. The van der Waals surface area contributed by atoms with E-state index in [1.165, 1.54) is 0 Å². The highest BCUT2D eigenvalue weighted by atomic mass is 28.4. The quantitative estimate of drug-likeness (QED) is 0.258. The van der Waals surface area contributed by atoms with E-state index in [9.17, 15) is 24.3 Å². The molecule has 0 aliphatic carbocycles. The van der Waals surface area contributed by atoms with E-state index in [0.29, 0.717) is 26.1 Å². The monoisotopic (exact) mass is 627 g/mol. The zero-order valence-corrected chi connectivity index (χ0v) is 27.1. The first kappa shape index (κ1) is 31.2. The second-order valence-electron chi connectivity index (χ2n) is 13.0. The van der Waals surface area contributed by atoms with Crippen LogP contribution in [0.4, 0.5) is 11.4 Å². The molecule has 0 unspecified atom stereocenters. The summed E-state index contributed by atoms with van der Waals surface area (Å²) in [6.45, 7) is 6.96. The fourth-order valence-corrected chi connectivity index (χ4v) is 10.1. The number of carbonyl (C=O) groups is 3. The minimum Gasteiger partial charge on any atom is -0.432 e. The molecule has 3 aromatic carbocycles. The van der Waals surface area contributed by atoms with Crippen LogP contribution < -0.4 is 9.80 Å². The third-order valence-corrected chi connectivity index (χ3v) is 12.1. The zero-order valence-electron chi connectivity index (χ0n) is 26.1. The Bertz CT molecular complexity index is 1590. The van der Waals surface area contributed by atoms with Crippen LogP contribution in [0, 0.1) is 5.92 Å². The fraction of sp³-hybridized carbons (Fsp3) is 0.400. The molecule has 0 radical (unpaired) electrons. The summed E-state index contributed by atoms with van der Waals surface area (Å²) in [6, 6.07) is 24.9. The SMILES string of the molecule is C[C@@H]1[C@@H]([Si](C)(C)O)[C@H](CC(=O)N(CCO)Cc2ccccc2)O[C@@]12C(=O)N(Cc1cccc(N3CCC3=O)c1)c1ccccc12. The average molecular weight is 628 g/mol. The van der Waals surface area contributed by atoms with Crippen LogP contribution in [-0.2, 0) is 37.8 Å². The van der Waals surface area contributed by atoms with Crippen LogP contribution in [-0.4, -0.2) is 66.6 Å². The lowest BCUT2D eigenvalue weighted by atomic mass is 9.82. The molecule has 2 saturated heterocycles.